The molecular formula is C24H32FNO4S. The predicted molar refractivity (Wildman–Crippen MR) is 121 cm³/mol. The zero-order valence-corrected chi connectivity index (χ0v) is 19.2. The van der Waals surface area contributed by atoms with Crippen LogP contribution in [0, 0.1) is 5.82 Å². The van der Waals surface area contributed by atoms with Gasteiger partial charge in [0.05, 0.1) is 5.75 Å². The van der Waals surface area contributed by atoms with Gasteiger partial charge in [-0.05, 0) is 48.7 Å². The molecular weight excluding hydrogens is 417 g/mol. The third kappa shape index (κ3) is 9.09. The van der Waals surface area contributed by atoms with Gasteiger partial charge < -0.3 is 9.08 Å². The second kappa shape index (κ2) is 12.4. The van der Waals surface area contributed by atoms with Gasteiger partial charge in [0.25, 0.3) is 0 Å². The fourth-order valence-corrected chi connectivity index (χ4v) is 3.68. The van der Waals surface area contributed by atoms with Crippen molar-refractivity contribution in [1.82, 2.24) is 4.90 Å². The number of carbonyl (C=O) groups excluding carboxylic acids is 1. The normalized spacial score (nSPS) is 11.3. The molecule has 7 heteroatoms. The van der Waals surface area contributed by atoms with Gasteiger partial charge in [-0.3, -0.25) is 4.79 Å². The highest BCUT2D eigenvalue weighted by Gasteiger charge is 2.15. The Morgan fingerprint density at radius 1 is 0.871 bits per heavy atom. The van der Waals surface area contributed by atoms with Gasteiger partial charge in [0, 0.05) is 19.5 Å². The first-order valence-corrected chi connectivity index (χ1v) is 12.4. The first-order chi connectivity index (χ1) is 14.8. The lowest BCUT2D eigenvalue weighted by Crippen LogP contribution is -2.30. The fourth-order valence-electron chi connectivity index (χ4n) is 3.16. The van der Waals surface area contributed by atoms with Gasteiger partial charge in [-0.1, -0.05) is 56.9 Å². The summed E-state index contributed by atoms with van der Waals surface area (Å²) in [5.74, 6) is -0.115. The van der Waals surface area contributed by atoms with E-state index in [0.717, 1.165) is 36.8 Å². The molecule has 2 rings (SSSR count). The average Bonchev–Trinajstić information content (AvgIpc) is 2.75. The van der Waals surface area contributed by atoms with Gasteiger partial charge in [0.1, 0.15) is 11.6 Å². The Labute approximate surface area is 185 Å². The third-order valence-corrected chi connectivity index (χ3v) is 6.16. The van der Waals surface area contributed by atoms with Crippen LogP contribution in [-0.4, -0.2) is 25.0 Å². The molecule has 0 unspecified atom stereocenters. The lowest BCUT2D eigenvalue weighted by molar-refractivity contribution is -0.132. The van der Waals surface area contributed by atoms with Crippen LogP contribution >= 0.6 is 0 Å². The van der Waals surface area contributed by atoms with Crippen molar-refractivity contribution < 1.29 is 21.8 Å². The Hall–Kier alpha value is -2.41. The summed E-state index contributed by atoms with van der Waals surface area (Å²) in [6.45, 7) is 4.44. The van der Waals surface area contributed by atoms with Gasteiger partial charge in [-0.15, -0.1) is 0 Å². The lowest BCUT2D eigenvalue weighted by Gasteiger charge is -2.23. The Morgan fingerprint density at radius 3 is 1.97 bits per heavy atom. The van der Waals surface area contributed by atoms with Crippen LogP contribution in [0.15, 0.2) is 48.5 Å². The maximum absolute atomic E-state index is 13.2. The van der Waals surface area contributed by atoms with E-state index >= 15 is 0 Å². The van der Waals surface area contributed by atoms with E-state index in [2.05, 4.69) is 6.92 Å². The van der Waals surface area contributed by atoms with Crippen molar-refractivity contribution in [1.29, 1.82) is 0 Å². The van der Waals surface area contributed by atoms with Crippen LogP contribution in [0.1, 0.15) is 63.5 Å². The quantitative estimate of drug-likeness (QED) is 0.302. The summed E-state index contributed by atoms with van der Waals surface area (Å²) in [5, 5.41) is 0. The smallest absolute Gasteiger partial charge is 0.308 e. The number of hydrogen-bond donors (Lipinski definition) is 0. The van der Waals surface area contributed by atoms with Gasteiger partial charge in [-0.2, -0.15) is 8.42 Å². The standard InChI is InChI=1S/C24H32FNO4S/c1-3-5-6-7-8-9-24(27)26(18-20-10-14-22(25)15-11-20)19-21-12-16-23(17-13-21)30-31(28,29)4-2/h10-17H,3-9,18-19H2,1-2H3. The zero-order chi connectivity index (χ0) is 22.7. The van der Waals surface area contributed by atoms with Crippen LogP contribution in [0.5, 0.6) is 5.75 Å². The summed E-state index contributed by atoms with van der Waals surface area (Å²) >= 11 is 0. The molecule has 0 spiro atoms. The third-order valence-electron chi connectivity index (χ3n) is 5.01. The SMILES string of the molecule is CCCCCCCC(=O)N(Cc1ccc(F)cc1)Cc1ccc(OS(=O)(=O)CC)cc1. The minimum Gasteiger partial charge on any atom is -0.382 e. The molecule has 0 aliphatic carbocycles. The summed E-state index contributed by atoms with van der Waals surface area (Å²) in [5.41, 5.74) is 1.72. The molecule has 0 fully saturated rings. The molecule has 0 aliphatic rings. The van der Waals surface area contributed by atoms with E-state index in [1.54, 1.807) is 41.3 Å². The summed E-state index contributed by atoms with van der Waals surface area (Å²) in [4.78, 5) is 14.6. The molecule has 0 aliphatic heterocycles. The number of nitrogens with zero attached hydrogens (tertiary/aromatic N) is 1. The zero-order valence-electron chi connectivity index (χ0n) is 18.3. The number of benzene rings is 2. The molecule has 0 saturated carbocycles. The Balaban J connectivity index is 2.06. The average molecular weight is 450 g/mol. The van der Waals surface area contributed by atoms with Crippen LogP contribution in [0.3, 0.4) is 0 Å². The number of hydrogen-bond acceptors (Lipinski definition) is 4. The molecule has 0 aromatic heterocycles. The molecule has 0 atom stereocenters. The highest BCUT2D eigenvalue weighted by Crippen LogP contribution is 2.18. The summed E-state index contributed by atoms with van der Waals surface area (Å²) < 4.78 is 41.5. The molecule has 0 bridgehead atoms. The largest absolute Gasteiger partial charge is 0.382 e. The molecule has 31 heavy (non-hydrogen) atoms. The number of unbranched alkanes of at least 4 members (excludes halogenated alkanes) is 4. The number of rotatable bonds is 13. The highest BCUT2D eigenvalue weighted by atomic mass is 32.2. The molecule has 0 radical (unpaired) electrons. The number of carbonyl (C=O) groups is 1. The lowest BCUT2D eigenvalue weighted by atomic mass is 10.1. The first kappa shape index (κ1) is 24.9. The van der Waals surface area contributed by atoms with E-state index in [0.29, 0.717) is 19.5 Å². The molecule has 170 valence electrons. The number of halogens is 1. The molecule has 2 aromatic carbocycles. The van der Waals surface area contributed by atoms with Crippen molar-refractivity contribution in [2.45, 2.75) is 65.5 Å². The van der Waals surface area contributed by atoms with Crippen molar-refractivity contribution in [2.75, 3.05) is 5.75 Å². The van der Waals surface area contributed by atoms with E-state index < -0.39 is 10.1 Å². The Morgan fingerprint density at radius 2 is 1.42 bits per heavy atom. The van der Waals surface area contributed by atoms with Crippen LogP contribution in [0.2, 0.25) is 0 Å². The molecule has 0 heterocycles. The second-order valence-electron chi connectivity index (χ2n) is 7.61. The molecule has 1 amide bonds. The second-order valence-corrected chi connectivity index (χ2v) is 9.47. The Kier molecular flexibility index (Phi) is 9.98. The first-order valence-electron chi connectivity index (χ1n) is 10.9. The van der Waals surface area contributed by atoms with Crippen molar-refractivity contribution in [2.24, 2.45) is 0 Å². The van der Waals surface area contributed by atoms with Crippen molar-refractivity contribution in [3.8, 4) is 5.75 Å². The molecule has 2 aromatic rings. The summed E-state index contributed by atoms with van der Waals surface area (Å²) in [6.07, 6.45) is 5.81. The van der Waals surface area contributed by atoms with E-state index in [9.17, 15) is 17.6 Å². The minimum atomic E-state index is -3.58. The van der Waals surface area contributed by atoms with Crippen molar-refractivity contribution in [3.05, 3.63) is 65.5 Å². The van der Waals surface area contributed by atoms with Gasteiger partial charge >= 0.3 is 10.1 Å². The van der Waals surface area contributed by atoms with E-state index in [-0.39, 0.29) is 23.2 Å². The van der Waals surface area contributed by atoms with Crippen LogP contribution < -0.4 is 4.18 Å². The van der Waals surface area contributed by atoms with E-state index in [1.807, 2.05) is 0 Å². The highest BCUT2D eigenvalue weighted by molar-refractivity contribution is 7.87. The molecule has 5 nitrogen and oxygen atoms in total. The van der Waals surface area contributed by atoms with Gasteiger partial charge in [0.2, 0.25) is 5.91 Å². The number of amides is 1. The topological polar surface area (TPSA) is 63.7 Å². The molecule has 0 N–H and O–H groups in total. The fraction of sp³-hybridized carbons (Fsp3) is 0.458. The van der Waals surface area contributed by atoms with E-state index in [4.69, 9.17) is 4.18 Å². The maximum atomic E-state index is 13.2. The van der Waals surface area contributed by atoms with Crippen LogP contribution in [0.25, 0.3) is 0 Å². The van der Waals surface area contributed by atoms with Crippen LogP contribution in [-0.2, 0) is 28.0 Å². The van der Waals surface area contributed by atoms with E-state index in [1.165, 1.54) is 25.5 Å². The minimum absolute atomic E-state index is 0.0507. The van der Waals surface area contributed by atoms with Gasteiger partial charge in [-0.25, -0.2) is 4.39 Å². The predicted octanol–water partition coefficient (Wildman–Crippen LogP) is 5.44. The monoisotopic (exact) mass is 449 g/mol. The van der Waals surface area contributed by atoms with Crippen LogP contribution in [0.4, 0.5) is 4.39 Å². The van der Waals surface area contributed by atoms with Gasteiger partial charge in [0.15, 0.2) is 0 Å². The van der Waals surface area contributed by atoms with Crippen molar-refractivity contribution in [3.63, 3.8) is 0 Å². The summed E-state index contributed by atoms with van der Waals surface area (Å²) in [6, 6.07) is 12.8. The Bertz CT molecular complexity index is 912. The summed E-state index contributed by atoms with van der Waals surface area (Å²) in [7, 11) is -3.58. The maximum Gasteiger partial charge on any atom is 0.308 e. The van der Waals surface area contributed by atoms with Crippen molar-refractivity contribution >= 4 is 16.0 Å². The molecule has 0 saturated heterocycles.